The normalized spacial score (nSPS) is 27.5. The van der Waals surface area contributed by atoms with Gasteiger partial charge in [-0.2, -0.15) is 0 Å². The van der Waals surface area contributed by atoms with Crippen LogP contribution < -0.4 is 10.1 Å². The van der Waals surface area contributed by atoms with Gasteiger partial charge >= 0.3 is 6.36 Å². The summed E-state index contributed by atoms with van der Waals surface area (Å²) in [7, 11) is 0. The monoisotopic (exact) mass is 314 g/mol. The van der Waals surface area contributed by atoms with Crippen LogP contribution in [0.2, 0.25) is 0 Å². The van der Waals surface area contributed by atoms with Crippen LogP contribution >= 0.6 is 0 Å². The Morgan fingerprint density at radius 1 is 1.18 bits per heavy atom. The number of hydrogen-bond donors (Lipinski definition) is 1. The van der Waals surface area contributed by atoms with Crippen LogP contribution in [0.3, 0.4) is 0 Å². The first-order valence-electron chi connectivity index (χ1n) is 7.30. The molecule has 0 spiro atoms. The molecular formula is C15H17F3N2O2. The first-order valence-corrected chi connectivity index (χ1v) is 7.30. The second-order valence-electron chi connectivity index (χ2n) is 5.79. The van der Waals surface area contributed by atoms with Crippen molar-refractivity contribution in [1.29, 1.82) is 0 Å². The number of fused-ring (bicyclic) bond motifs is 3. The second-order valence-corrected chi connectivity index (χ2v) is 5.79. The highest BCUT2D eigenvalue weighted by Crippen LogP contribution is 2.28. The molecule has 1 aromatic carbocycles. The molecule has 7 heteroatoms. The van der Waals surface area contributed by atoms with E-state index in [-0.39, 0.29) is 17.7 Å². The average molecular weight is 314 g/mol. The van der Waals surface area contributed by atoms with Gasteiger partial charge in [0.15, 0.2) is 0 Å². The number of rotatable bonds is 3. The first-order chi connectivity index (χ1) is 10.4. The molecule has 1 N–H and O–H groups in total. The molecule has 0 radical (unpaired) electrons. The summed E-state index contributed by atoms with van der Waals surface area (Å²) in [5.41, 5.74) is 0.339. The third-order valence-electron chi connectivity index (χ3n) is 4.32. The summed E-state index contributed by atoms with van der Waals surface area (Å²) in [4.78, 5) is 14.5. The highest BCUT2D eigenvalue weighted by atomic mass is 19.4. The predicted octanol–water partition coefficient (Wildman–Crippen LogP) is 2.41. The molecule has 3 aliphatic rings. The highest BCUT2D eigenvalue weighted by Gasteiger charge is 2.35. The van der Waals surface area contributed by atoms with Crippen LogP contribution in [0.15, 0.2) is 24.3 Å². The van der Waals surface area contributed by atoms with Crippen molar-refractivity contribution in [3.8, 4) is 5.75 Å². The summed E-state index contributed by atoms with van der Waals surface area (Å²) in [6, 6.07) is 5.12. The summed E-state index contributed by atoms with van der Waals surface area (Å²) < 4.78 is 40.1. The molecule has 1 amide bonds. The van der Waals surface area contributed by atoms with E-state index in [1.54, 1.807) is 0 Å². The van der Waals surface area contributed by atoms with E-state index in [4.69, 9.17) is 0 Å². The molecule has 2 bridgehead atoms. The fourth-order valence-corrected chi connectivity index (χ4v) is 3.19. The molecule has 3 saturated heterocycles. The zero-order valence-electron chi connectivity index (χ0n) is 11.9. The maximum atomic E-state index is 12.2. The van der Waals surface area contributed by atoms with E-state index in [0.29, 0.717) is 11.5 Å². The molecule has 22 heavy (non-hydrogen) atoms. The van der Waals surface area contributed by atoms with Crippen LogP contribution in [0.4, 0.5) is 13.2 Å². The highest BCUT2D eigenvalue weighted by molar-refractivity contribution is 5.94. The number of carbonyl (C=O) groups excluding carboxylic acids is 1. The minimum absolute atomic E-state index is 0.126. The molecule has 1 atom stereocenters. The molecule has 4 rings (SSSR count). The van der Waals surface area contributed by atoms with Crippen molar-refractivity contribution in [3.05, 3.63) is 29.8 Å². The van der Waals surface area contributed by atoms with Crippen molar-refractivity contribution >= 4 is 5.91 Å². The molecule has 0 aliphatic carbocycles. The van der Waals surface area contributed by atoms with Gasteiger partial charge in [0.2, 0.25) is 0 Å². The van der Waals surface area contributed by atoms with Crippen LogP contribution in [-0.4, -0.2) is 42.8 Å². The molecule has 4 nitrogen and oxygen atoms in total. The van der Waals surface area contributed by atoms with Gasteiger partial charge in [-0.1, -0.05) is 0 Å². The van der Waals surface area contributed by atoms with E-state index in [1.807, 2.05) is 0 Å². The standard InChI is InChI=1S/C15H17F3N2O2/c16-15(17,18)22-12-3-1-11(2-4-12)14(21)19-13-9-20-7-5-10(13)6-8-20/h1-4,10,13H,5-9H2,(H,19,21). The van der Waals surface area contributed by atoms with E-state index >= 15 is 0 Å². The Morgan fingerprint density at radius 3 is 2.32 bits per heavy atom. The number of hydrogen-bond acceptors (Lipinski definition) is 3. The minimum Gasteiger partial charge on any atom is -0.406 e. The molecule has 1 unspecified atom stereocenters. The Balaban J connectivity index is 1.60. The summed E-state index contributed by atoms with van der Waals surface area (Å²) in [5, 5.41) is 2.99. The van der Waals surface area contributed by atoms with Crippen LogP contribution in [-0.2, 0) is 0 Å². The fourth-order valence-electron chi connectivity index (χ4n) is 3.19. The van der Waals surface area contributed by atoms with E-state index in [0.717, 1.165) is 44.6 Å². The Labute approximate surface area is 126 Å². The van der Waals surface area contributed by atoms with Crippen molar-refractivity contribution in [2.75, 3.05) is 19.6 Å². The molecule has 1 aromatic rings. The van der Waals surface area contributed by atoms with Gasteiger partial charge in [-0.15, -0.1) is 13.2 Å². The summed E-state index contributed by atoms with van der Waals surface area (Å²) >= 11 is 0. The van der Waals surface area contributed by atoms with E-state index in [9.17, 15) is 18.0 Å². The third kappa shape index (κ3) is 3.52. The lowest BCUT2D eigenvalue weighted by Crippen LogP contribution is -2.57. The van der Waals surface area contributed by atoms with Gasteiger partial charge < -0.3 is 15.0 Å². The number of carbonyl (C=O) groups is 1. The van der Waals surface area contributed by atoms with Crippen molar-refractivity contribution < 1.29 is 22.7 Å². The summed E-state index contributed by atoms with van der Waals surface area (Å²) in [5.74, 6) is -0.0778. The molecule has 3 aliphatic heterocycles. The van der Waals surface area contributed by atoms with E-state index < -0.39 is 6.36 Å². The largest absolute Gasteiger partial charge is 0.573 e. The number of piperidine rings is 3. The van der Waals surface area contributed by atoms with E-state index in [1.165, 1.54) is 12.1 Å². The maximum Gasteiger partial charge on any atom is 0.573 e. The fraction of sp³-hybridized carbons (Fsp3) is 0.533. The molecule has 3 heterocycles. The minimum atomic E-state index is -4.72. The lowest BCUT2D eigenvalue weighted by Gasteiger charge is -2.44. The number of nitrogens with one attached hydrogen (secondary N) is 1. The second kappa shape index (κ2) is 5.79. The van der Waals surface area contributed by atoms with Crippen molar-refractivity contribution in [1.82, 2.24) is 10.2 Å². The molecule has 120 valence electrons. The lowest BCUT2D eigenvalue weighted by atomic mass is 9.84. The molecule has 0 aromatic heterocycles. The zero-order valence-corrected chi connectivity index (χ0v) is 11.9. The number of halogens is 3. The van der Waals surface area contributed by atoms with Gasteiger partial charge in [-0.3, -0.25) is 4.79 Å². The zero-order chi connectivity index (χ0) is 15.7. The third-order valence-corrected chi connectivity index (χ3v) is 4.32. The van der Waals surface area contributed by atoms with Crippen molar-refractivity contribution in [2.24, 2.45) is 5.92 Å². The van der Waals surface area contributed by atoms with Crippen LogP contribution in [0, 0.1) is 5.92 Å². The first kappa shape index (κ1) is 15.1. The molecule has 3 fully saturated rings. The number of benzene rings is 1. The van der Waals surface area contributed by atoms with Gasteiger partial charge in [0.25, 0.3) is 5.91 Å². The van der Waals surface area contributed by atoms with E-state index in [2.05, 4.69) is 15.0 Å². The predicted molar refractivity (Wildman–Crippen MR) is 73.5 cm³/mol. The van der Waals surface area contributed by atoms with Crippen molar-refractivity contribution in [2.45, 2.75) is 25.2 Å². The van der Waals surface area contributed by atoms with Gasteiger partial charge in [0.05, 0.1) is 0 Å². The van der Waals surface area contributed by atoms with Crippen LogP contribution in [0.1, 0.15) is 23.2 Å². The Kier molecular flexibility index (Phi) is 3.99. The average Bonchev–Trinajstić information content (AvgIpc) is 2.47. The quantitative estimate of drug-likeness (QED) is 0.931. The van der Waals surface area contributed by atoms with Crippen molar-refractivity contribution in [3.63, 3.8) is 0 Å². The number of alkyl halides is 3. The van der Waals surface area contributed by atoms with Gasteiger partial charge in [-0.25, -0.2) is 0 Å². The van der Waals surface area contributed by atoms with Gasteiger partial charge in [0.1, 0.15) is 5.75 Å². The Bertz CT molecular complexity index is 537. The smallest absolute Gasteiger partial charge is 0.406 e. The Morgan fingerprint density at radius 2 is 1.82 bits per heavy atom. The summed E-state index contributed by atoms with van der Waals surface area (Å²) in [6.45, 7) is 3.02. The summed E-state index contributed by atoms with van der Waals surface area (Å²) in [6.07, 6.45) is -2.55. The maximum absolute atomic E-state index is 12.2. The SMILES string of the molecule is O=C(NC1CN2CCC1CC2)c1ccc(OC(F)(F)F)cc1. The number of amides is 1. The molecule has 0 saturated carbocycles. The topological polar surface area (TPSA) is 41.6 Å². The van der Waals surface area contributed by atoms with Gasteiger partial charge in [-0.05, 0) is 56.1 Å². The lowest BCUT2D eigenvalue weighted by molar-refractivity contribution is -0.274. The molecular weight excluding hydrogens is 297 g/mol. The Hall–Kier alpha value is -1.76. The van der Waals surface area contributed by atoms with Crippen LogP contribution in [0.5, 0.6) is 5.75 Å². The number of ether oxygens (including phenoxy) is 1. The van der Waals surface area contributed by atoms with Gasteiger partial charge in [0, 0.05) is 18.2 Å². The number of nitrogens with zero attached hydrogens (tertiary/aromatic N) is 1. The van der Waals surface area contributed by atoms with Crippen LogP contribution in [0.25, 0.3) is 0 Å².